The third-order valence-electron chi connectivity index (χ3n) is 2.58. The van der Waals surface area contributed by atoms with Crippen molar-refractivity contribution in [2.75, 3.05) is 13.2 Å². The van der Waals surface area contributed by atoms with E-state index in [0.29, 0.717) is 0 Å². The molecular formula is C11H26NO2+. The lowest BCUT2D eigenvalue weighted by molar-refractivity contribution is -0.697. The molecule has 0 aliphatic carbocycles. The number of quaternary nitrogens is 1. The molecule has 0 aromatic rings. The van der Waals surface area contributed by atoms with E-state index in [1.54, 1.807) is 0 Å². The molecule has 0 saturated heterocycles. The van der Waals surface area contributed by atoms with Gasteiger partial charge in [0.2, 0.25) is 0 Å². The molecule has 0 rings (SSSR count). The topological polar surface area (TPSA) is 57.1 Å². The van der Waals surface area contributed by atoms with Crippen molar-refractivity contribution >= 4 is 0 Å². The fourth-order valence-corrected chi connectivity index (χ4v) is 1.61. The van der Waals surface area contributed by atoms with Gasteiger partial charge in [0, 0.05) is 6.42 Å². The number of rotatable bonds is 9. The predicted octanol–water partition coefficient (Wildman–Crippen LogP) is 0.262. The summed E-state index contributed by atoms with van der Waals surface area (Å²) in [5.74, 6) is 0. The van der Waals surface area contributed by atoms with Gasteiger partial charge in [-0.2, -0.15) is 0 Å². The smallest absolute Gasteiger partial charge is 0.128 e. The molecule has 0 amide bonds. The Bertz CT molecular complexity index is 120. The minimum Gasteiger partial charge on any atom is -0.393 e. The van der Waals surface area contributed by atoms with Crippen LogP contribution < -0.4 is 5.32 Å². The van der Waals surface area contributed by atoms with Crippen LogP contribution in [0.5, 0.6) is 0 Å². The van der Waals surface area contributed by atoms with Gasteiger partial charge in [-0.3, -0.25) is 0 Å². The molecule has 0 spiro atoms. The van der Waals surface area contributed by atoms with E-state index in [9.17, 15) is 5.11 Å². The van der Waals surface area contributed by atoms with Crippen LogP contribution >= 0.6 is 0 Å². The van der Waals surface area contributed by atoms with Crippen LogP contribution in [0.1, 0.15) is 46.0 Å². The lowest BCUT2D eigenvalue weighted by atomic mass is 10.0. The Hall–Kier alpha value is -0.120. The number of aliphatic hydroxyl groups is 2. The van der Waals surface area contributed by atoms with E-state index in [0.717, 1.165) is 25.8 Å². The molecule has 0 saturated carbocycles. The van der Waals surface area contributed by atoms with Crippen molar-refractivity contribution < 1.29 is 15.5 Å². The monoisotopic (exact) mass is 204 g/mol. The first-order valence-corrected chi connectivity index (χ1v) is 5.88. The Morgan fingerprint density at radius 1 is 1.14 bits per heavy atom. The molecule has 4 N–H and O–H groups in total. The zero-order valence-corrected chi connectivity index (χ0v) is 9.58. The fraction of sp³-hybridized carbons (Fsp3) is 1.00. The molecule has 2 atom stereocenters. The molecule has 14 heavy (non-hydrogen) atoms. The molecule has 0 heterocycles. The molecule has 0 aliphatic heterocycles. The van der Waals surface area contributed by atoms with E-state index in [2.05, 4.69) is 19.2 Å². The van der Waals surface area contributed by atoms with Crippen molar-refractivity contribution in [2.24, 2.45) is 0 Å². The van der Waals surface area contributed by atoms with E-state index in [1.165, 1.54) is 12.8 Å². The van der Waals surface area contributed by atoms with E-state index in [1.807, 2.05) is 0 Å². The molecule has 0 radical (unpaired) electrons. The summed E-state index contributed by atoms with van der Waals surface area (Å²) in [6, 6.07) is 0.187. The first-order chi connectivity index (χ1) is 6.76. The summed E-state index contributed by atoms with van der Waals surface area (Å²) >= 11 is 0. The van der Waals surface area contributed by atoms with E-state index in [-0.39, 0.29) is 12.6 Å². The molecule has 3 nitrogen and oxygen atoms in total. The van der Waals surface area contributed by atoms with Crippen LogP contribution in [0.2, 0.25) is 0 Å². The minimum absolute atomic E-state index is 0.114. The highest BCUT2D eigenvalue weighted by Crippen LogP contribution is 2.03. The van der Waals surface area contributed by atoms with Crippen molar-refractivity contribution in [3.63, 3.8) is 0 Å². The summed E-state index contributed by atoms with van der Waals surface area (Å²) in [5.41, 5.74) is 0. The predicted molar refractivity (Wildman–Crippen MR) is 58.1 cm³/mol. The molecule has 86 valence electrons. The quantitative estimate of drug-likeness (QED) is 0.472. The van der Waals surface area contributed by atoms with Gasteiger partial charge in [-0.15, -0.1) is 0 Å². The zero-order chi connectivity index (χ0) is 10.8. The number of aliphatic hydroxyl groups excluding tert-OH is 2. The van der Waals surface area contributed by atoms with Crippen LogP contribution in [-0.4, -0.2) is 35.5 Å². The van der Waals surface area contributed by atoms with E-state index < -0.39 is 6.10 Å². The molecule has 0 fully saturated rings. The van der Waals surface area contributed by atoms with Crippen LogP contribution in [0, 0.1) is 0 Å². The molecule has 3 heteroatoms. The first kappa shape index (κ1) is 13.9. The van der Waals surface area contributed by atoms with Gasteiger partial charge in [-0.25, -0.2) is 0 Å². The molecule has 0 bridgehead atoms. The van der Waals surface area contributed by atoms with E-state index >= 15 is 0 Å². The lowest BCUT2D eigenvalue weighted by Gasteiger charge is -2.19. The Balaban J connectivity index is 3.72. The minimum atomic E-state index is -0.557. The van der Waals surface area contributed by atoms with Crippen molar-refractivity contribution in [3.8, 4) is 0 Å². The summed E-state index contributed by atoms with van der Waals surface area (Å²) in [7, 11) is 0. The number of hydrogen-bond donors (Lipinski definition) is 3. The highest BCUT2D eigenvalue weighted by molar-refractivity contribution is 4.65. The Kier molecular flexibility index (Phi) is 9.35. The first-order valence-electron chi connectivity index (χ1n) is 5.88. The molecule has 0 unspecified atom stereocenters. The lowest BCUT2D eigenvalue weighted by Crippen LogP contribution is -2.92. The molecular weight excluding hydrogens is 178 g/mol. The Labute approximate surface area is 87.5 Å². The molecule has 0 aliphatic rings. The summed E-state index contributed by atoms with van der Waals surface area (Å²) in [6.45, 7) is 5.23. The Morgan fingerprint density at radius 2 is 1.86 bits per heavy atom. The molecule has 0 aromatic carbocycles. The van der Waals surface area contributed by atoms with Gasteiger partial charge in [0.25, 0.3) is 0 Å². The van der Waals surface area contributed by atoms with Gasteiger partial charge in [0.1, 0.15) is 12.1 Å². The zero-order valence-electron chi connectivity index (χ0n) is 9.58. The SMILES string of the molecule is CCCCC[C@@H]([NH2+]CCC)[C@H](O)CO. The number of hydrogen-bond acceptors (Lipinski definition) is 2. The summed E-state index contributed by atoms with van der Waals surface area (Å²) < 4.78 is 0. The van der Waals surface area contributed by atoms with Crippen LogP contribution in [0.25, 0.3) is 0 Å². The average molecular weight is 204 g/mol. The standard InChI is InChI=1S/C11H25NO2/c1-3-5-6-7-10(11(14)9-13)12-8-4-2/h10-14H,3-9H2,1-2H3/p+1/t10-,11-/m1/s1. The van der Waals surface area contributed by atoms with Gasteiger partial charge in [0.15, 0.2) is 0 Å². The third-order valence-corrected chi connectivity index (χ3v) is 2.58. The summed E-state index contributed by atoms with van der Waals surface area (Å²) in [4.78, 5) is 0. The van der Waals surface area contributed by atoms with Gasteiger partial charge < -0.3 is 15.5 Å². The second-order valence-corrected chi connectivity index (χ2v) is 3.93. The van der Waals surface area contributed by atoms with Crippen LogP contribution in [-0.2, 0) is 0 Å². The van der Waals surface area contributed by atoms with Crippen LogP contribution in [0.3, 0.4) is 0 Å². The number of nitrogens with two attached hydrogens (primary N) is 1. The summed E-state index contributed by atoms with van der Waals surface area (Å²) in [6.07, 6.45) is 5.14. The maximum Gasteiger partial charge on any atom is 0.128 e. The van der Waals surface area contributed by atoms with Gasteiger partial charge >= 0.3 is 0 Å². The van der Waals surface area contributed by atoms with Crippen molar-refractivity contribution in [2.45, 2.75) is 58.1 Å². The maximum atomic E-state index is 9.56. The average Bonchev–Trinajstić information content (AvgIpc) is 2.22. The van der Waals surface area contributed by atoms with Crippen LogP contribution in [0.4, 0.5) is 0 Å². The van der Waals surface area contributed by atoms with Crippen molar-refractivity contribution in [3.05, 3.63) is 0 Å². The normalized spacial score (nSPS) is 15.4. The Morgan fingerprint density at radius 3 is 2.36 bits per heavy atom. The largest absolute Gasteiger partial charge is 0.393 e. The van der Waals surface area contributed by atoms with Crippen molar-refractivity contribution in [1.82, 2.24) is 0 Å². The number of unbranched alkanes of at least 4 members (excludes halogenated alkanes) is 2. The third kappa shape index (κ3) is 6.35. The van der Waals surface area contributed by atoms with Gasteiger partial charge in [0.05, 0.1) is 13.2 Å². The molecule has 0 aromatic heterocycles. The van der Waals surface area contributed by atoms with E-state index in [4.69, 9.17) is 5.11 Å². The second-order valence-electron chi connectivity index (χ2n) is 3.93. The fourth-order valence-electron chi connectivity index (χ4n) is 1.61. The van der Waals surface area contributed by atoms with Crippen molar-refractivity contribution in [1.29, 1.82) is 0 Å². The highest BCUT2D eigenvalue weighted by Gasteiger charge is 2.20. The van der Waals surface area contributed by atoms with Crippen LogP contribution in [0.15, 0.2) is 0 Å². The summed E-state index contributed by atoms with van der Waals surface area (Å²) in [5, 5.41) is 20.6. The second kappa shape index (κ2) is 9.44. The van der Waals surface area contributed by atoms with Gasteiger partial charge in [-0.1, -0.05) is 26.7 Å². The maximum absolute atomic E-state index is 9.56. The van der Waals surface area contributed by atoms with Gasteiger partial charge in [-0.05, 0) is 12.8 Å². The highest BCUT2D eigenvalue weighted by atomic mass is 16.3.